The lowest BCUT2D eigenvalue weighted by atomic mass is 9.70. The van der Waals surface area contributed by atoms with Crippen LogP contribution in [0.2, 0.25) is 0 Å². The van der Waals surface area contributed by atoms with Crippen LogP contribution in [0.1, 0.15) is 27.0 Å². The highest BCUT2D eigenvalue weighted by Crippen LogP contribution is 2.49. The summed E-state index contributed by atoms with van der Waals surface area (Å²) < 4.78 is 5.36. The molecule has 3 aromatic carbocycles. The summed E-state index contributed by atoms with van der Waals surface area (Å²) in [5.74, 6) is -0.280. The second kappa shape index (κ2) is 7.69. The summed E-state index contributed by atoms with van der Waals surface area (Å²) in [6.45, 7) is 1.96. The molecule has 0 bridgehead atoms. The van der Waals surface area contributed by atoms with E-state index in [1.807, 2.05) is 6.07 Å². The Morgan fingerprint density at radius 3 is 2.00 bits per heavy atom. The Balaban J connectivity index is 1.72. The molecule has 1 saturated heterocycles. The molecule has 162 valence electrons. The van der Waals surface area contributed by atoms with Crippen LogP contribution in [0.25, 0.3) is 0 Å². The summed E-state index contributed by atoms with van der Waals surface area (Å²) in [5, 5.41) is 22.6. The Bertz CT molecular complexity index is 1140. The second-order valence-corrected chi connectivity index (χ2v) is 7.93. The zero-order valence-electron chi connectivity index (χ0n) is 17.2. The summed E-state index contributed by atoms with van der Waals surface area (Å²) >= 11 is 0. The third-order valence-electron chi connectivity index (χ3n) is 6.18. The van der Waals surface area contributed by atoms with Gasteiger partial charge in [0, 0.05) is 18.7 Å². The number of carbonyl (C=O) groups excluding carboxylic acids is 2. The van der Waals surface area contributed by atoms with Gasteiger partial charge in [0.2, 0.25) is 5.91 Å². The Labute approximate surface area is 184 Å². The number of carbonyl (C=O) groups is 2. The number of para-hydroxylation sites is 1. The Morgan fingerprint density at radius 2 is 1.44 bits per heavy atom. The Morgan fingerprint density at radius 1 is 0.875 bits per heavy atom. The number of nitrogens with zero attached hydrogens (tertiary/aromatic N) is 1. The van der Waals surface area contributed by atoms with E-state index < -0.39 is 5.41 Å². The van der Waals surface area contributed by atoms with Gasteiger partial charge in [0.15, 0.2) is 0 Å². The summed E-state index contributed by atoms with van der Waals surface area (Å²) in [7, 11) is 0. The van der Waals surface area contributed by atoms with E-state index in [1.165, 1.54) is 24.3 Å². The van der Waals surface area contributed by atoms with Crippen molar-refractivity contribution in [3.05, 3.63) is 89.0 Å². The number of rotatable bonds is 3. The van der Waals surface area contributed by atoms with Crippen molar-refractivity contribution in [2.45, 2.75) is 5.41 Å². The minimum absolute atomic E-state index is 0.0875. The molecule has 0 spiro atoms. The average molecular weight is 430 g/mol. The molecular weight excluding hydrogens is 408 g/mol. The highest BCUT2D eigenvalue weighted by Gasteiger charge is 2.51. The SMILES string of the molecule is O=C(c1cccc2c1NC(=O)C2(c1ccc(O)cc1)c1ccc(O)cc1)N1CCOCC1. The number of anilines is 1. The number of hydrogen-bond acceptors (Lipinski definition) is 5. The van der Waals surface area contributed by atoms with Gasteiger partial charge in [-0.1, -0.05) is 36.4 Å². The Hall–Kier alpha value is -3.84. The van der Waals surface area contributed by atoms with Crippen molar-refractivity contribution < 1.29 is 24.5 Å². The lowest BCUT2D eigenvalue weighted by Gasteiger charge is -2.30. The molecule has 0 unspecified atom stereocenters. The number of morpholine rings is 1. The largest absolute Gasteiger partial charge is 0.508 e. The number of fused-ring (bicyclic) bond motifs is 1. The first-order valence-electron chi connectivity index (χ1n) is 10.4. The predicted molar refractivity (Wildman–Crippen MR) is 118 cm³/mol. The molecule has 0 radical (unpaired) electrons. The summed E-state index contributed by atoms with van der Waals surface area (Å²) in [6, 6.07) is 18.3. The molecule has 0 atom stereocenters. The van der Waals surface area contributed by atoms with Gasteiger partial charge in [-0.25, -0.2) is 0 Å². The summed E-state index contributed by atoms with van der Waals surface area (Å²) in [6.07, 6.45) is 0. The number of hydrogen-bond donors (Lipinski definition) is 3. The van der Waals surface area contributed by atoms with Crippen LogP contribution in [0.3, 0.4) is 0 Å². The van der Waals surface area contributed by atoms with E-state index in [2.05, 4.69) is 5.32 Å². The van der Waals surface area contributed by atoms with E-state index in [9.17, 15) is 19.8 Å². The van der Waals surface area contributed by atoms with Gasteiger partial charge < -0.3 is 25.2 Å². The van der Waals surface area contributed by atoms with Crippen molar-refractivity contribution in [2.24, 2.45) is 0 Å². The zero-order valence-corrected chi connectivity index (χ0v) is 17.2. The summed E-state index contributed by atoms with van der Waals surface area (Å²) in [5.41, 5.74) is 1.62. The molecule has 5 rings (SSSR count). The van der Waals surface area contributed by atoms with E-state index in [4.69, 9.17) is 4.74 Å². The fourth-order valence-corrected chi connectivity index (χ4v) is 4.61. The first kappa shape index (κ1) is 20.1. The third kappa shape index (κ3) is 3.01. The van der Waals surface area contributed by atoms with E-state index in [0.717, 1.165) is 0 Å². The van der Waals surface area contributed by atoms with Gasteiger partial charge in [-0.2, -0.15) is 0 Å². The second-order valence-electron chi connectivity index (χ2n) is 7.93. The van der Waals surface area contributed by atoms with Gasteiger partial charge in [0.25, 0.3) is 5.91 Å². The van der Waals surface area contributed by atoms with Crippen molar-refractivity contribution in [3.8, 4) is 11.5 Å². The minimum Gasteiger partial charge on any atom is -0.508 e. The summed E-state index contributed by atoms with van der Waals surface area (Å²) in [4.78, 5) is 28.7. The maximum atomic E-state index is 13.7. The molecule has 7 nitrogen and oxygen atoms in total. The molecule has 0 aromatic heterocycles. The number of nitrogens with one attached hydrogen (secondary N) is 1. The lowest BCUT2D eigenvalue weighted by Crippen LogP contribution is -2.40. The molecule has 2 aliphatic rings. The molecule has 1 fully saturated rings. The van der Waals surface area contributed by atoms with Crippen molar-refractivity contribution in [1.82, 2.24) is 4.90 Å². The monoisotopic (exact) mass is 430 g/mol. The van der Waals surface area contributed by atoms with Crippen LogP contribution in [0.15, 0.2) is 66.7 Å². The molecule has 7 heteroatoms. The van der Waals surface area contributed by atoms with Gasteiger partial charge in [0.1, 0.15) is 16.9 Å². The molecule has 0 aliphatic carbocycles. The van der Waals surface area contributed by atoms with Crippen LogP contribution in [0, 0.1) is 0 Å². The van der Waals surface area contributed by atoms with E-state index >= 15 is 0 Å². The van der Waals surface area contributed by atoms with Gasteiger partial charge in [-0.3, -0.25) is 9.59 Å². The van der Waals surface area contributed by atoms with Crippen molar-refractivity contribution in [2.75, 3.05) is 31.6 Å². The van der Waals surface area contributed by atoms with Gasteiger partial charge in [-0.15, -0.1) is 0 Å². The molecule has 2 amide bonds. The topological polar surface area (TPSA) is 99.1 Å². The number of ether oxygens (including phenoxy) is 1. The van der Waals surface area contributed by atoms with Crippen LogP contribution >= 0.6 is 0 Å². The quantitative estimate of drug-likeness (QED) is 0.594. The first-order chi connectivity index (χ1) is 15.5. The molecule has 3 N–H and O–H groups in total. The standard InChI is InChI=1S/C25H22N2O5/c28-18-8-4-16(5-9-18)25(17-6-10-19(29)11-7-17)21-3-1-2-20(22(21)26-24(25)31)23(30)27-12-14-32-15-13-27/h1-11,28-29H,12-15H2,(H,26,31). The van der Waals surface area contributed by atoms with Gasteiger partial charge >= 0.3 is 0 Å². The molecule has 32 heavy (non-hydrogen) atoms. The smallest absolute Gasteiger partial charge is 0.256 e. The van der Waals surface area contributed by atoms with Crippen LogP contribution < -0.4 is 5.32 Å². The highest BCUT2D eigenvalue weighted by atomic mass is 16.5. The predicted octanol–water partition coefficient (Wildman–Crippen LogP) is 2.86. The average Bonchev–Trinajstić information content (AvgIpc) is 3.13. The van der Waals surface area contributed by atoms with Gasteiger partial charge in [-0.05, 0) is 41.5 Å². The Kier molecular flexibility index (Phi) is 4.83. The molecule has 0 saturated carbocycles. The number of aromatic hydroxyl groups is 2. The fraction of sp³-hybridized carbons (Fsp3) is 0.200. The lowest BCUT2D eigenvalue weighted by molar-refractivity contribution is -0.118. The van der Waals surface area contributed by atoms with Crippen LogP contribution in [0.5, 0.6) is 11.5 Å². The van der Waals surface area contributed by atoms with Crippen LogP contribution in [-0.2, 0) is 14.9 Å². The number of amides is 2. The van der Waals surface area contributed by atoms with Crippen molar-refractivity contribution in [3.63, 3.8) is 0 Å². The van der Waals surface area contributed by atoms with Crippen molar-refractivity contribution in [1.29, 1.82) is 0 Å². The van der Waals surface area contributed by atoms with Crippen LogP contribution in [-0.4, -0.2) is 53.2 Å². The normalized spacial score (nSPS) is 17.0. The number of phenolic OH excluding ortho intramolecular Hbond substituents is 2. The first-order valence-corrected chi connectivity index (χ1v) is 10.4. The van der Waals surface area contributed by atoms with E-state index in [0.29, 0.717) is 54.2 Å². The van der Waals surface area contributed by atoms with Gasteiger partial charge in [0.05, 0.1) is 24.5 Å². The maximum absolute atomic E-state index is 13.7. The molecule has 3 aromatic rings. The van der Waals surface area contributed by atoms with Crippen molar-refractivity contribution >= 4 is 17.5 Å². The molecule has 2 aliphatic heterocycles. The third-order valence-corrected chi connectivity index (χ3v) is 6.18. The number of benzene rings is 3. The fourth-order valence-electron chi connectivity index (χ4n) is 4.61. The maximum Gasteiger partial charge on any atom is 0.256 e. The zero-order chi connectivity index (χ0) is 22.3. The number of phenols is 2. The van der Waals surface area contributed by atoms with Crippen LogP contribution in [0.4, 0.5) is 5.69 Å². The van der Waals surface area contributed by atoms with E-state index in [-0.39, 0.29) is 23.3 Å². The molecular formula is C25H22N2O5. The van der Waals surface area contributed by atoms with E-state index in [1.54, 1.807) is 41.3 Å². The molecule has 2 heterocycles. The highest BCUT2D eigenvalue weighted by molar-refractivity contribution is 6.16. The minimum atomic E-state index is -1.24.